The lowest BCUT2D eigenvalue weighted by atomic mass is 9.98. The normalized spacial score (nSPS) is 14.1. The van der Waals surface area contributed by atoms with Crippen molar-refractivity contribution in [2.75, 3.05) is 37.7 Å². The molecular formula is C37H45N3O7. The van der Waals surface area contributed by atoms with Crippen LogP contribution in [0.15, 0.2) is 84.9 Å². The minimum absolute atomic E-state index is 0.116. The van der Waals surface area contributed by atoms with Gasteiger partial charge in [-0.05, 0) is 62.3 Å². The number of esters is 2. The van der Waals surface area contributed by atoms with Gasteiger partial charge in [0.05, 0.1) is 19.1 Å². The lowest BCUT2D eigenvalue weighted by Gasteiger charge is -2.33. The average Bonchev–Trinajstić information content (AvgIpc) is 3.49. The number of nitrogens with one attached hydrogen (secondary N) is 1. The molecule has 0 saturated heterocycles. The zero-order valence-corrected chi connectivity index (χ0v) is 27.3. The van der Waals surface area contributed by atoms with Gasteiger partial charge in [0.25, 0.3) is 0 Å². The number of unbranched alkanes of at least 4 members (excludes halogenated alkanes) is 1. The first-order chi connectivity index (χ1) is 22.9. The lowest BCUT2D eigenvalue weighted by Crippen LogP contribution is -2.52. The number of aryl methyl sites for hydroxylation is 1. The lowest BCUT2D eigenvalue weighted by molar-refractivity contribution is -0.149. The van der Waals surface area contributed by atoms with Crippen LogP contribution in [0.3, 0.4) is 0 Å². The smallest absolute Gasteiger partial charge is 0.407 e. The highest BCUT2D eigenvalue weighted by Crippen LogP contribution is 2.34. The second kappa shape index (κ2) is 18.3. The quantitative estimate of drug-likeness (QED) is 0.117. The van der Waals surface area contributed by atoms with Gasteiger partial charge in [-0.2, -0.15) is 0 Å². The number of fused-ring (bicyclic) bond motifs is 1. The summed E-state index contributed by atoms with van der Waals surface area (Å²) >= 11 is 0. The van der Waals surface area contributed by atoms with Gasteiger partial charge in [0, 0.05) is 31.7 Å². The molecule has 1 unspecified atom stereocenters. The molecule has 0 spiro atoms. The molecule has 0 bridgehead atoms. The second-order valence-corrected chi connectivity index (χ2v) is 11.4. The maximum absolute atomic E-state index is 14.4. The van der Waals surface area contributed by atoms with Crippen LogP contribution in [0.25, 0.3) is 0 Å². The Morgan fingerprint density at radius 2 is 1.49 bits per heavy atom. The standard InChI is InChI=1S/C37H45N3O7/c1-3-45-34(41)31(22-21-28-15-7-5-8-16-28)26-39(24-14-13-23-38-36(43)47-27-29-17-9-6-10-18-29)37(44)40-32-20-12-11-19-30(32)25-33(40)35(42)46-4-2/h5-12,15-20,31,33H,3-4,13-14,21-27H2,1-2H3,(H,38,43)/t31?,33-/m0/s1. The van der Waals surface area contributed by atoms with E-state index in [2.05, 4.69) is 5.32 Å². The molecule has 1 heterocycles. The molecule has 0 radical (unpaired) electrons. The Morgan fingerprint density at radius 1 is 0.830 bits per heavy atom. The number of amides is 3. The number of carbonyl (C=O) groups excluding carboxylic acids is 4. The van der Waals surface area contributed by atoms with Gasteiger partial charge in [-0.15, -0.1) is 0 Å². The molecule has 1 aliphatic rings. The molecule has 250 valence electrons. The largest absolute Gasteiger partial charge is 0.466 e. The molecule has 0 aromatic heterocycles. The molecule has 4 rings (SSSR count). The van der Waals surface area contributed by atoms with E-state index in [0.717, 1.165) is 16.7 Å². The van der Waals surface area contributed by atoms with Crippen LogP contribution in [0.4, 0.5) is 15.3 Å². The Bertz CT molecular complexity index is 1450. The van der Waals surface area contributed by atoms with Crippen molar-refractivity contribution in [1.82, 2.24) is 10.2 Å². The fourth-order valence-corrected chi connectivity index (χ4v) is 5.65. The molecule has 10 heteroatoms. The zero-order chi connectivity index (χ0) is 33.4. The number of hydrogen-bond donors (Lipinski definition) is 1. The number of urea groups is 1. The van der Waals surface area contributed by atoms with Crippen molar-refractivity contribution >= 4 is 29.8 Å². The second-order valence-electron chi connectivity index (χ2n) is 11.4. The summed E-state index contributed by atoms with van der Waals surface area (Å²) in [5, 5.41) is 2.76. The zero-order valence-electron chi connectivity index (χ0n) is 27.3. The minimum Gasteiger partial charge on any atom is -0.466 e. The Balaban J connectivity index is 1.47. The van der Waals surface area contributed by atoms with E-state index in [1.54, 1.807) is 18.7 Å². The van der Waals surface area contributed by atoms with E-state index in [1.165, 1.54) is 4.90 Å². The molecule has 0 saturated carbocycles. The number of anilines is 1. The van der Waals surface area contributed by atoms with Gasteiger partial charge in [0.1, 0.15) is 12.6 Å². The van der Waals surface area contributed by atoms with E-state index in [0.29, 0.717) is 50.9 Å². The fraction of sp³-hybridized carbons (Fsp3) is 0.405. The number of benzene rings is 3. The number of ether oxygens (including phenoxy) is 3. The Labute approximate surface area is 277 Å². The molecule has 0 fully saturated rings. The Kier molecular flexibility index (Phi) is 13.6. The molecule has 2 atom stereocenters. The summed E-state index contributed by atoms with van der Waals surface area (Å²) in [5.41, 5.74) is 3.51. The van der Waals surface area contributed by atoms with Crippen molar-refractivity contribution in [2.24, 2.45) is 5.92 Å². The monoisotopic (exact) mass is 643 g/mol. The van der Waals surface area contributed by atoms with E-state index in [9.17, 15) is 19.2 Å². The Hall–Kier alpha value is -4.86. The summed E-state index contributed by atoms with van der Waals surface area (Å²) in [6, 6.07) is 25.6. The number of carbonyl (C=O) groups is 4. The van der Waals surface area contributed by atoms with Crippen LogP contribution >= 0.6 is 0 Å². The SMILES string of the molecule is CCOC(=O)C(CCc1ccccc1)CN(CCCCNC(=O)OCc1ccccc1)C(=O)N1c2ccccc2C[C@H]1C(=O)OCC. The molecule has 3 aromatic rings. The highest BCUT2D eigenvalue weighted by molar-refractivity contribution is 6.01. The summed E-state index contributed by atoms with van der Waals surface area (Å²) in [6.07, 6.45) is 2.06. The molecule has 3 aromatic carbocycles. The summed E-state index contributed by atoms with van der Waals surface area (Å²) in [5.74, 6) is -1.42. The van der Waals surface area contributed by atoms with Gasteiger partial charge >= 0.3 is 24.1 Å². The summed E-state index contributed by atoms with van der Waals surface area (Å²) in [6.45, 7) is 4.86. The molecule has 47 heavy (non-hydrogen) atoms. The highest BCUT2D eigenvalue weighted by atomic mass is 16.5. The van der Waals surface area contributed by atoms with E-state index >= 15 is 0 Å². The Morgan fingerprint density at radius 3 is 2.19 bits per heavy atom. The average molecular weight is 644 g/mol. The van der Waals surface area contributed by atoms with Gasteiger partial charge in [-0.25, -0.2) is 14.4 Å². The van der Waals surface area contributed by atoms with Gasteiger partial charge in [0.15, 0.2) is 0 Å². The fourth-order valence-electron chi connectivity index (χ4n) is 5.65. The number of alkyl carbamates (subject to hydrolysis) is 1. The van der Waals surface area contributed by atoms with Crippen molar-refractivity contribution in [1.29, 1.82) is 0 Å². The minimum atomic E-state index is -0.811. The van der Waals surface area contributed by atoms with E-state index in [-0.39, 0.29) is 38.4 Å². The molecular weight excluding hydrogens is 598 g/mol. The summed E-state index contributed by atoms with van der Waals surface area (Å²) in [7, 11) is 0. The first-order valence-electron chi connectivity index (χ1n) is 16.4. The number of hydrogen-bond acceptors (Lipinski definition) is 7. The topological polar surface area (TPSA) is 114 Å². The molecule has 10 nitrogen and oxygen atoms in total. The van der Waals surface area contributed by atoms with Crippen molar-refractivity contribution in [2.45, 2.75) is 58.6 Å². The van der Waals surface area contributed by atoms with Gasteiger partial charge in [0.2, 0.25) is 0 Å². The number of para-hydroxylation sites is 1. The molecule has 1 aliphatic heterocycles. The third-order valence-corrected chi connectivity index (χ3v) is 8.03. The van der Waals surface area contributed by atoms with Crippen LogP contribution in [-0.4, -0.2) is 67.9 Å². The maximum atomic E-state index is 14.4. The molecule has 0 aliphatic carbocycles. The van der Waals surface area contributed by atoms with Crippen molar-refractivity contribution in [3.63, 3.8) is 0 Å². The number of rotatable bonds is 16. The van der Waals surface area contributed by atoms with Crippen LogP contribution < -0.4 is 10.2 Å². The van der Waals surface area contributed by atoms with Crippen LogP contribution in [-0.2, 0) is 43.2 Å². The number of nitrogens with zero attached hydrogens (tertiary/aromatic N) is 2. The van der Waals surface area contributed by atoms with Crippen molar-refractivity contribution < 1.29 is 33.4 Å². The van der Waals surface area contributed by atoms with Crippen LogP contribution in [0.2, 0.25) is 0 Å². The highest BCUT2D eigenvalue weighted by Gasteiger charge is 2.41. The predicted octanol–water partition coefficient (Wildman–Crippen LogP) is 5.92. The molecule has 1 N–H and O–H groups in total. The van der Waals surface area contributed by atoms with Crippen molar-refractivity contribution in [3.05, 3.63) is 102 Å². The van der Waals surface area contributed by atoms with E-state index in [4.69, 9.17) is 14.2 Å². The van der Waals surface area contributed by atoms with Crippen LogP contribution in [0, 0.1) is 5.92 Å². The van der Waals surface area contributed by atoms with E-state index < -0.39 is 24.0 Å². The van der Waals surface area contributed by atoms with Crippen LogP contribution in [0.1, 0.15) is 49.8 Å². The maximum Gasteiger partial charge on any atom is 0.407 e. The first-order valence-corrected chi connectivity index (χ1v) is 16.4. The van der Waals surface area contributed by atoms with Crippen LogP contribution in [0.5, 0.6) is 0 Å². The van der Waals surface area contributed by atoms with E-state index in [1.807, 2.05) is 84.9 Å². The molecule has 3 amide bonds. The summed E-state index contributed by atoms with van der Waals surface area (Å²) in [4.78, 5) is 56.1. The predicted molar refractivity (Wildman–Crippen MR) is 179 cm³/mol. The third kappa shape index (κ3) is 10.3. The van der Waals surface area contributed by atoms with Crippen molar-refractivity contribution in [3.8, 4) is 0 Å². The van der Waals surface area contributed by atoms with Gasteiger partial charge in [-0.1, -0.05) is 78.9 Å². The summed E-state index contributed by atoms with van der Waals surface area (Å²) < 4.78 is 16.1. The first kappa shape index (κ1) is 35.0. The van der Waals surface area contributed by atoms with Gasteiger partial charge < -0.3 is 24.4 Å². The van der Waals surface area contributed by atoms with Gasteiger partial charge in [-0.3, -0.25) is 9.69 Å². The third-order valence-electron chi connectivity index (χ3n) is 8.03.